The van der Waals surface area contributed by atoms with Gasteiger partial charge in [-0.05, 0) is 75.2 Å². The minimum atomic E-state index is -0.0858. The van der Waals surface area contributed by atoms with Gasteiger partial charge in [-0.15, -0.1) is 0 Å². The van der Waals surface area contributed by atoms with E-state index in [9.17, 15) is 9.59 Å². The van der Waals surface area contributed by atoms with Gasteiger partial charge in [0.25, 0.3) is 5.91 Å². The van der Waals surface area contributed by atoms with Crippen molar-refractivity contribution in [2.75, 3.05) is 50.0 Å². The molecule has 2 aromatic carbocycles. The summed E-state index contributed by atoms with van der Waals surface area (Å²) < 4.78 is 1.79. The topological polar surface area (TPSA) is 89.0 Å². The third kappa shape index (κ3) is 6.99. The highest BCUT2D eigenvalue weighted by molar-refractivity contribution is 7.80. The van der Waals surface area contributed by atoms with Crippen molar-refractivity contribution in [3.05, 3.63) is 70.9 Å². The monoisotopic (exact) mass is 630 g/mol. The van der Waals surface area contributed by atoms with E-state index in [0.29, 0.717) is 25.2 Å². The van der Waals surface area contributed by atoms with Gasteiger partial charge in [-0.1, -0.05) is 44.3 Å². The number of nitrogens with one attached hydrogen (secondary N) is 2. The summed E-state index contributed by atoms with van der Waals surface area (Å²) in [5.41, 5.74) is 5.16. The zero-order valence-electron chi connectivity index (χ0n) is 27.2. The number of thiocarbonyl (C=S) groups is 1. The first-order chi connectivity index (χ1) is 21.8. The first-order valence-electron chi connectivity index (χ1n) is 16.1. The Morgan fingerprint density at radius 2 is 1.82 bits per heavy atom. The predicted octanol–water partition coefficient (Wildman–Crippen LogP) is 5.30. The van der Waals surface area contributed by atoms with E-state index in [4.69, 9.17) is 12.2 Å². The summed E-state index contributed by atoms with van der Waals surface area (Å²) in [6.45, 7) is 11.4. The van der Waals surface area contributed by atoms with E-state index < -0.39 is 0 Å². The maximum atomic E-state index is 13.9. The zero-order chi connectivity index (χ0) is 32.1. The molecule has 0 saturated carbocycles. The number of amides is 3. The normalized spacial score (nSPS) is 18.1. The SMILES string of the molecule is CC.Cc1cc(C(=O)N2Cc3cnn(C)c3Nc3ccccc32)ccc1CNC(=O)N1CCCC1C(=S)N1CCCN(C)CC1. The van der Waals surface area contributed by atoms with Crippen LogP contribution in [-0.2, 0) is 20.1 Å². The number of rotatable bonds is 4. The van der Waals surface area contributed by atoms with Gasteiger partial charge in [0.05, 0.1) is 30.2 Å². The van der Waals surface area contributed by atoms with Crippen LogP contribution in [-0.4, -0.2) is 87.2 Å². The Morgan fingerprint density at radius 1 is 1.02 bits per heavy atom. The number of aromatic nitrogens is 2. The molecule has 0 aliphatic carbocycles. The lowest BCUT2D eigenvalue weighted by atomic mass is 10.0. The van der Waals surface area contributed by atoms with Crippen LogP contribution < -0.4 is 15.5 Å². The van der Waals surface area contributed by atoms with Gasteiger partial charge in [-0.2, -0.15) is 5.10 Å². The summed E-state index contributed by atoms with van der Waals surface area (Å²) in [6.07, 6.45) is 4.75. The average molecular weight is 631 g/mol. The highest BCUT2D eigenvalue weighted by Crippen LogP contribution is 2.36. The molecule has 1 aromatic heterocycles. The number of likely N-dealkylation sites (N-methyl/N-ethyl adjacent to an activating group) is 1. The van der Waals surface area contributed by atoms with Crippen molar-refractivity contribution in [2.45, 2.75) is 59.2 Å². The van der Waals surface area contributed by atoms with Gasteiger partial charge in [0.1, 0.15) is 10.8 Å². The summed E-state index contributed by atoms with van der Waals surface area (Å²) in [5, 5.41) is 10.9. The second-order valence-corrected chi connectivity index (χ2v) is 12.2. The number of likely N-dealkylation sites (tertiary alicyclic amines) is 1. The molecule has 0 spiro atoms. The quantitative estimate of drug-likeness (QED) is 0.379. The molecular weight excluding hydrogens is 584 g/mol. The second kappa shape index (κ2) is 14.4. The largest absolute Gasteiger partial charge is 0.363 e. The van der Waals surface area contributed by atoms with E-state index in [1.807, 2.05) is 75.2 Å². The van der Waals surface area contributed by atoms with Crippen LogP contribution in [0.25, 0.3) is 0 Å². The predicted molar refractivity (Wildman–Crippen MR) is 184 cm³/mol. The Labute approximate surface area is 272 Å². The smallest absolute Gasteiger partial charge is 0.318 e. The second-order valence-electron chi connectivity index (χ2n) is 11.8. The number of para-hydroxylation sites is 2. The molecule has 1 atom stereocenters. The van der Waals surface area contributed by atoms with Crippen LogP contribution in [0.2, 0.25) is 0 Å². The van der Waals surface area contributed by atoms with Gasteiger partial charge in [-0.25, -0.2) is 4.79 Å². The lowest BCUT2D eigenvalue weighted by Gasteiger charge is -2.32. The molecule has 10 nitrogen and oxygen atoms in total. The Morgan fingerprint density at radius 3 is 2.62 bits per heavy atom. The number of urea groups is 1. The number of benzene rings is 2. The van der Waals surface area contributed by atoms with Crippen LogP contribution in [0.5, 0.6) is 0 Å². The summed E-state index contributed by atoms with van der Waals surface area (Å²) in [4.78, 5) is 36.4. The van der Waals surface area contributed by atoms with Gasteiger partial charge in [0, 0.05) is 50.9 Å². The van der Waals surface area contributed by atoms with Gasteiger partial charge < -0.3 is 30.2 Å². The Balaban J connectivity index is 0.00000196. The average Bonchev–Trinajstić information content (AvgIpc) is 3.56. The highest BCUT2D eigenvalue weighted by Gasteiger charge is 2.34. The van der Waals surface area contributed by atoms with Crippen LogP contribution in [0, 0.1) is 6.92 Å². The fourth-order valence-corrected chi connectivity index (χ4v) is 6.77. The summed E-state index contributed by atoms with van der Waals surface area (Å²) in [6, 6.07) is 13.4. The number of fused-ring (bicyclic) bond motifs is 2. The number of anilines is 3. The minimum absolute atomic E-state index is 0.0363. The summed E-state index contributed by atoms with van der Waals surface area (Å²) in [5.74, 6) is 0.794. The molecule has 0 bridgehead atoms. The van der Waals surface area contributed by atoms with E-state index in [1.165, 1.54) is 0 Å². The maximum Gasteiger partial charge on any atom is 0.318 e. The van der Waals surface area contributed by atoms with Gasteiger partial charge >= 0.3 is 6.03 Å². The number of hydrogen-bond donors (Lipinski definition) is 2. The molecular formula is C34H46N8O2S. The third-order valence-corrected chi connectivity index (χ3v) is 9.42. The van der Waals surface area contributed by atoms with Gasteiger partial charge in [0.2, 0.25) is 0 Å². The number of nitrogens with zero attached hydrogens (tertiary/aromatic N) is 6. The molecule has 4 heterocycles. The Kier molecular flexibility index (Phi) is 10.4. The molecule has 45 heavy (non-hydrogen) atoms. The highest BCUT2D eigenvalue weighted by atomic mass is 32.1. The summed E-state index contributed by atoms with van der Waals surface area (Å²) >= 11 is 5.92. The minimum Gasteiger partial charge on any atom is -0.363 e. The van der Waals surface area contributed by atoms with Crippen LogP contribution in [0.3, 0.4) is 0 Å². The number of hydrogen-bond acceptors (Lipinski definition) is 6. The lowest BCUT2D eigenvalue weighted by Crippen LogP contribution is -2.50. The third-order valence-electron chi connectivity index (χ3n) is 8.89. The van der Waals surface area contributed by atoms with Gasteiger partial charge in [0.15, 0.2) is 0 Å². The van der Waals surface area contributed by atoms with Crippen LogP contribution in [0.4, 0.5) is 22.0 Å². The molecule has 11 heteroatoms. The van der Waals surface area contributed by atoms with E-state index in [1.54, 1.807) is 15.8 Å². The molecule has 0 radical (unpaired) electrons. The van der Waals surface area contributed by atoms with Crippen molar-refractivity contribution in [2.24, 2.45) is 7.05 Å². The molecule has 3 aromatic rings. The van der Waals surface area contributed by atoms with Crippen molar-refractivity contribution in [3.63, 3.8) is 0 Å². The van der Waals surface area contributed by atoms with Crippen molar-refractivity contribution in [1.82, 2.24) is 29.8 Å². The Bertz CT molecular complexity index is 1540. The molecule has 3 aliphatic rings. The van der Waals surface area contributed by atoms with Crippen LogP contribution >= 0.6 is 12.2 Å². The molecule has 2 N–H and O–H groups in total. The van der Waals surface area contributed by atoms with Gasteiger partial charge in [-0.3, -0.25) is 9.48 Å². The zero-order valence-corrected chi connectivity index (χ0v) is 28.0. The molecule has 2 fully saturated rings. The van der Waals surface area contributed by atoms with E-state index in [-0.39, 0.29) is 18.0 Å². The van der Waals surface area contributed by atoms with Crippen LogP contribution in [0.1, 0.15) is 60.2 Å². The first-order valence-corrected chi connectivity index (χ1v) is 16.5. The number of aryl methyl sites for hydroxylation is 2. The number of carbonyl (C=O) groups excluding carboxylic acids is 2. The van der Waals surface area contributed by atoms with Crippen LogP contribution in [0.15, 0.2) is 48.7 Å². The molecule has 2 saturated heterocycles. The first kappa shape index (κ1) is 32.4. The lowest BCUT2D eigenvalue weighted by molar-refractivity contribution is 0.0985. The maximum absolute atomic E-state index is 13.9. The van der Waals surface area contributed by atoms with Crippen molar-refractivity contribution in [1.29, 1.82) is 0 Å². The fourth-order valence-electron chi connectivity index (χ4n) is 6.34. The molecule has 6 rings (SSSR count). The van der Waals surface area contributed by atoms with Crippen molar-refractivity contribution >= 4 is 46.3 Å². The van der Waals surface area contributed by atoms with Crippen molar-refractivity contribution < 1.29 is 9.59 Å². The number of carbonyl (C=O) groups is 2. The van der Waals surface area contributed by atoms with Crippen molar-refractivity contribution in [3.8, 4) is 0 Å². The molecule has 1 unspecified atom stereocenters. The van der Waals surface area contributed by atoms with E-state index >= 15 is 0 Å². The standard InChI is InChI=1S/C32H40N8O2S.C2H6/c1-22-18-23(30(41)40-21-25-20-34-37(3)29(25)35-26-8-4-5-9-27(26)40)11-12-24(22)19-33-32(42)39-15-6-10-28(39)31(43)38-14-7-13-36(2)16-17-38;1-2/h4-5,8-9,11-12,18,20,28,35H,6-7,10,13-17,19,21H2,1-3H3,(H,33,42);1-2H3. The Hall–Kier alpha value is -3.96. The summed E-state index contributed by atoms with van der Waals surface area (Å²) in [7, 11) is 4.04. The molecule has 3 aliphatic heterocycles. The van der Waals surface area contributed by atoms with E-state index in [2.05, 4.69) is 32.6 Å². The fraction of sp³-hybridized carbons (Fsp3) is 0.471. The molecule has 240 valence electrons. The van der Waals surface area contributed by atoms with E-state index in [0.717, 1.165) is 84.3 Å². The molecule has 3 amide bonds.